The third-order valence-corrected chi connectivity index (χ3v) is 4.05. The van der Waals surface area contributed by atoms with E-state index >= 15 is 0 Å². The van der Waals surface area contributed by atoms with Crippen molar-refractivity contribution in [3.8, 4) is 0 Å². The van der Waals surface area contributed by atoms with Crippen LogP contribution in [0.2, 0.25) is 0 Å². The average Bonchev–Trinajstić information content (AvgIpc) is 2.98. The first-order valence-corrected chi connectivity index (χ1v) is 6.06. The third-order valence-electron chi connectivity index (χ3n) is 4.05. The number of aromatic nitrogens is 2. The number of fused-ring (bicyclic) bond motifs is 1. The van der Waals surface area contributed by atoms with Crippen LogP contribution in [0.3, 0.4) is 0 Å². The van der Waals surface area contributed by atoms with Crippen molar-refractivity contribution < 1.29 is 4.79 Å². The van der Waals surface area contributed by atoms with E-state index in [2.05, 4.69) is 16.9 Å². The van der Waals surface area contributed by atoms with Gasteiger partial charge in [-0.1, -0.05) is 6.92 Å². The second kappa shape index (κ2) is 3.34. The van der Waals surface area contributed by atoms with Crippen LogP contribution in [0, 0.1) is 5.41 Å². The quantitative estimate of drug-likeness (QED) is 0.819. The highest BCUT2D eigenvalue weighted by Crippen LogP contribution is 2.50. The topological polar surface area (TPSA) is 49.0 Å². The van der Waals surface area contributed by atoms with E-state index in [1.807, 2.05) is 4.90 Å². The first kappa shape index (κ1) is 9.87. The minimum absolute atomic E-state index is 0.00246. The molecule has 1 amide bonds. The van der Waals surface area contributed by atoms with Gasteiger partial charge < -0.3 is 9.88 Å². The number of carbonyl (C=O) groups is 1. The van der Waals surface area contributed by atoms with Crippen LogP contribution in [0.4, 0.5) is 0 Å². The summed E-state index contributed by atoms with van der Waals surface area (Å²) in [6.45, 7) is 3.67. The normalized spacial score (nSPS) is 21.7. The van der Waals surface area contributed by atoms with Gasteiger partial charge in [-0.2, -0.15) is 0 Å². The Balaban J connectivity index is 1.77. The van der Waals surface area contributed by atoms with Gasteiger partial charge in [-0.15, -0.1) is 0 Å². The number of H-pyrrole nitrogens is 1. The summed E-state index contributed by atoms with van der Waals surface area (Å²) >= 11 is 0. The molecule has 0 unspecified atom stereocenters. The number of hydrogen-bond donors (Lipinski definition) is 1. The van der Waals surface area contributed by atoms with E-state index in [1.54, 1.807) is 6.33 Å². The zero-order valence-electron chi connectivity index (χ0n) is 9.62. The maximum atomic E-state index is 12.3. The lowest BCUT2D eigenvalue weighted by atomic mass is 10.00. The van der Waals surface area contributed by atoms with Crippen LogP contribution in [-0.4, -0.2) is 27.3 Å². The molecule has 1 aliphatic heterocycles. The van der Waals surface area contributed by atoms with E-state index in [4.69, 9.17) is 0 Å². The average molecular weight is 219 g/mol. The molecular weight excluding hydrogens is 202 g/mol. The molecule has 2 heterocycles. The molecule has 0 spiro atoms. The summed E-state index contributed by atoms with van der Waals surface area (Å²) in [5.41, 5.74) is 2.24. The van der Waals surface area contributed by atoms with E-state index in [1.165, 1.54) is 0 Å². The number of nitrogens with zero attached hydrogens (tertiary/aromatic N) is 2. The highest BCUT2D eigenvalue weighted by molar-refractivity contribution is 5.85. The summed E-state index contributed by atoms with van der Waals surface area (Å²) in [7, 11) is 0. The van der Waals surface area contributed by atoms with Gasteiger partial charge in [0, 0.05) is 18.4 Å². The monoisotopic (exact) mass is 219 g/mol. The Kier molecular flexibility index (Phi) is 2.06. The van der Waals surface area contributed by atoms with Crippen molar-refractivity contribution in [3.05, 3.63) is 17.7 Å². The molecule has 1 fully saturated rings. The number of hydrogen-bond acceptors (Lipinski definition) is 2. The Bertz CT molecular complexity index is 420. The van der Waals surface area contributed by atoms with Crippen LogP contribution in [-0.2, 0) is 17.8 Å². The molecule has 0 bridgehead atoms. The van der Waals surface area contributed by atoms with Gasteiger partial charge in [0.15, 0.2) is 0 Å². The summed E-state index contributed by atoms with van der Waals surface area (Å²) in [4.78, 5) is 21.7. The smallest absolute Gasteiger partial charge is 0.229 e. The molecule has 16 heavy (non-hydrogen) atoms. The van der Waals surface area contributed by atoms with Gasteiger partial charge in [0.2, 0.25) is 5.91 Å². The number of amides is 1. The summed E-state index contributed by atoms with van der Waals surface area (Å²) in [6, 6.07) is 0. The molecule has 0 atom stereocenters. The van der Waals surface area contributed by atoms with Crippen LogP contribution >= 0.6 is 0 Å². The van der Waals surface area contributed by atoms with Gasteiger partial charge in [-0.3, -0.25) is 4.79 Å². The maximum absolute atomic E-state index is 12.3. The molecule has 0 aromatic carbocycles. The molecule has 1 aromatic heterocycles. The molecule has 3 rings (SSSR count). The fourth-order valence-electron chi connectivity index (χ4n) is 2.59. The van der Waals surface area contributed by atoms with Crippen molar-refractivity contribution >= 4 is 5.91 Å². The third kappa shape index (κ3) is 1.36. The van der Waals surface area contributed by atoms with Crippen molar-refractivity contribution in [1.82, 2.24) is 14.9 Å². The summed E-state index contributed by atoms with van der Waals surface area (Å²) in [5.74, 6) is 0.357. The molecule has 4 nitrogen and oxygen atoms in total. The van der Waals surface area contributed by atoms with E-state index in [0.717, 1.165) is 50.2 Å². The number of imidazole rings is 1. The van der Waals surface area contributed by atoms with E-state index in [-0.39, 0.29) is 5.41 Å². The predicted octanol–water partition coefficient (Wildman–Crippen LogP) is 1.48. The van der Waals surface area contributed by atoms with Crippen molar-refractivity contribution in [1.29, 1.82) is 0 Å². The number of rotatable bonds is 2. The van der Waals surface area contributed by atoms with Gasteiger partial charge in [-0.05, 0) is 19.3 Å². The fourth-order valence-corrected chi connectivity index (χ4v) is 2.59. The highest BCUT2D eigenvalue weighted by atomic mass is 16.2. The molecule has 2 aliphatic rings. The van der Waals surface area contributed by atoms with Crippen LogP contribution in [0.15, 0.2) is 6.33 Å². The van der Waals surface area contributed by atoms with Crippen molar-refractivity contribution in [3.63, 3.8) is 0 Å². The first-order chi connectivity index (χ1) is 7.75. The maximum Gasteiger partial charge on any atom is 0.229 e. The lowest BCUT2D eigenvalue weighted by Gasteiger charge is -2.29. The van der Waals surface area contributed by atoms with Gasteiger partial charge in [0.1, 0.15) is 0 Å². The van der Waals surface area contributed by atoms with Gasteiger partial charge in [-0.25, -0.2) is 4.98 Å². The Morgan fingerprint density at radius 2 is 2.44 bits per heavy atom. The molecule has 1 N–H and O–H groups in total. The van der Waals surface area contributed by atoms with E-state index in [9.17, 15) is 4.79 Å². The minimum Gasteiger partial charge on any atom is -0.347 e. The standard InChI is InChI=1S/C12H17N3O/c1-2-12(4-5-12)11(16)15-6-3-9-10(7-15)14-8-13-9/h8H,2-7H2,1H3,(H,13,14). The van der Waals surface area contributed by atoms with Crippen molar-refractivity contribution in [2.24, 2.45) is 5.41 Å². The van der Waals surface area contributed by atoms with Crippen LogP contribution in [0.5, 0.6) is 0 Å². The molecule has 86 valence electrons. The largest absolute Gasteiger partial charge is 0.347 e. The number of aromatic amines is 1. The second-order valence-corrected chi connectivity index (χ2v) is 4.94. The fraction of sp³-hybridized carbons (Fsp3) is 0.667. The van der Waals surface area contributed by atoms with Crippen molar-refractivity contribution in [2.45, 2.75) is 39.2 Å². The minimum atomic E-state index is -0.00246. The lowest BCUT2D eigenvalue weighted by Crippen LogP contribution is -2.40. The molecule has 1 aliphatic carbocycles. The molecule has 0 radical (unpaired) electrons. The first-order valence-electron chi connectivity index (χ1n) is 6.06. The molecule has 4 heteroatoms. The molecular formula is C12H17N3O. The van der Waals surface area contributed by atoms with E-state index in [0.29, 0.717) is 5.91 Å². The Hall–Kier alpha value is -1.32. The van der Waals surface area contributed by atoms with Crippen molar-refractivity contribution in [2.75, 3.05) is 6.54 Å². The Morgan fingerprint density at radius 3 is 3.12 bits per heavy atom. The van der Waals surface area contributed by atoms with Crippen LogP contribution < -0.4 is 0 Å². The van der Waals surface area contributed by atoms with E-state index < -0.39 is 0 Å². The lowest BCUT2D eigenvalue weighted by molar-refractivity contribution is -0.138. The summed E-state index contributed by atoms with van der Waals surface area (Å²) < 4.78 is 0. The molecule has 1 saturated carbocycles. The zero-order valence-corrected chi connectivity index (χ0v) is 9.62. The summed E-state index contributed by atoms with van der Waals surface area (Å²) in [5, 5.41) is 0. The zero-order chi connectivity index (χ0) is 11.2. The predicted molar refractivity (Wildman–Crippen MR) is 59.7 cm³/mol. The SMILES string of the molecule is CCC1(C(=O)N2CCc3nc[nH]c3C2)CC1. The van der Waals surface area contributed by atoms with Gasteiger partial charge in [0.25, 0.3) is 0 Å². The molecule has 0 saturated heterocycles. The Morgan fingerprint density at radius 1 is 1.62 bits per heavy atom. The molecule has 1 aromatic rings. The Labute approximate surface area is 95.1 Å². The second-order valence-electron chi connectivity index (χ2n) is 4.94. The summed E-state index contributed by atoms with van der Waals surface area (Å²) in [6.07, 6.45) is 5.76. The van der Waals surface area contributed by atoms with Crippen LogP contribution in [0.1, 0.15) is 37.6 Å². The van der Waals surface area contributed by atoms with Gasteiger partial charge in [0.05, 0.1) is 24.3 Å². The van der Waals surface area contributed by atoms with Gasteiger partial charge >= 0.3 is 0 Å². The van der Waals surface area contributed by atoms with Crippen LogP contribution in [0.25, 0.3) is 0 Å². The number of nitrogens with one attached hydrogen (secondary N) is 1. The number of carbonyl (C=O) groups excluding carboxylic acids is 1. The highest BCUT2D eigenvalue weighted by Gasteiger charge is 2.50.